The summed E-state index contributed by atoms with van der Waals surface area (Å²) >= 11 is 0. The lowest BCUT2D eigenvalue weighted by Gasteiger charge is -2.35. The number of amides is 2. The van der Waals surface area contributed by atoms with Crippen molar-refractivity contribution in [3.63, 3.8) is 0 Å². The van der Waals surface area contributed by atoms with E-state index in [1.165, 1.54) is 12.8 Å². The van der Waals surface area contributed by atoms with Crippen molar-refractivity contribution in [1.29, 1.82) is 0 Å². The van der Waals surface area contributed by atoms with Crippen LogP contribution in [0.15, 0.2) is 0 Å². The first-order valence-corrected chi connectivity index (χ1v) is 7.66. The Balaban J connectivity index is 1.62. The summed E-state index contributed by atoms with van der Waals surface area (Å²) in [6, 6.07) is 0.102. The Morgan fingerprint density at radius 3 is 2.74 bits per heavy atom. The first-order chi connectivity index (χ1) is 9.29. The number of piperazine rings is 1. The van der Waals surface area contributed by atoms with Gasteiger partial charge in [0.15, 0.2) is 0 Å². The van der Waals surface area contributed by atoms with Crippen LogP contribution in [0, 0.1) is 0 Å². The number of carbonyl (C=O) groups is 1. The maximum atomic E-state index is 11.9. The summed E-state index contributed by atoms with van der Waals surface area (Å²) in [7, 11) is 0. The van der Waals surface area contributed by atoms with Crippen molar-refractivity contribution in [1.82, 2.24) is 15.1 Å². The molecule has 0 aliphatic carbocycles. The van der Waals surface area contributed by atoms with Crippen LogP contribution in [0.1, 0.15) is 32.6 Å². The molecular weight excluding hydrogens is 242 g/mol. The van der Waals surface area contributed by atoms with Crippen LogP contribution in [-0.4, -0.2) is 67.8 Å². The van der Waals surface area contributed by atoms with Crippen molar-refractivity contribution in [2.45, 2.75) is 38.7 Å². The Bertz CT molecular complexity index is 272. The predicted molar refractivity (Wildman–Crippen MR) is 75.3 cm³/mol. The third-order valence-corrected chi connectivity index (χ3v) is 3.95. The molecule has 2 rings (SSSR count). The Labute approximate surface area is 116 Å². The molecule has 5 nitrogen and oxygen atoms in total. The minimum Gasteiger partial charge on any atom is -0.377 e. The molecule has 2 amide bonds. The molecule has 2 heterocycles. The van der Waals surface area contributed by atoms with Gasteiger partial charge in [-0.05, 0) is 19.3 Å². The molecule has 110 valence electrons. The number of hydrogen-bond donors (Lipinski definition) is 1. The lowest BCUT2D eigenvalue weighted by molar-refractivity contribution is 0.0561. The van der Waals surface area contributed by atoms with Crippen LogP contribution >= 0.6 is 0 Å². The molecule has 1 N–H and O–H groups in total. The topological polar surface area (TPSA) is 44.8 Å². The molecule has 2 aliphatic heterocycles. The van der Waals surface area contributed by atoms with E-state index in [1.54, 1.807) is 0 Å². The highest BCUT2D eigenvalue weighted by molar-refractivity contribution is 5.74. The number of urea groups is 1. The zero-order valence-electron chi connectivity index (χ0n) is 12.1. The Kier molecular flexibility index (Phi) is 5.92. The average molecular weight is 269 g/mol. The van der Waals surface area contributed by atoms with Crippen molar-refractivity contribution < 1.29 is 9.53 Å². The fourth-order valence-corrected chi connectivity index (χ4v) is 2.69. The predicted octanol–water partition coefficient (Wildman–Crippen LogP) is 1.29. The van der Waals surface area contributed by atoms with Gasteiger partial charge in [-0.15, -0.1) is 0 Å². The minimum absolute atomic E-state index is 0.102. The van der Waals surface area contributed by atoms with Crippen LogP contribution in [0.2, 0.25) is 0 Å². The summed E-state index contributed by atoms with van der Waals surface area (Å²) in [4.78, 5) is 16.3. The molecule has 0 radical (unpaired) electrons. The summed E-state index contributed by atoms with van der Waals surface area (Å²) in [6.07, 6.45) is 4.99. The molecule has 2 fully saturated rings. The molecule has 0 aromatic heterocycles. The van der Waals surface area contributed by atoms with Gasteiger partial charge in [0, 0.05) is 45.9 Å². The monoisotopic (exact) mass is 269 g/mol. The molecule has 0 spiro atoms. The van der Waals surface area contributed by atoms with E-state index in [0.717, 1.165) is 58.7 Å². The molecular formula is C14H27N3O2. The molecule has 2 saturated heterocycles. The Hall–Kier alpha value is -0.810. The minimum atomic E-state index is 0.102. The van der Waals surface area contributed by atoms with Crippen LogP contribution in [0.25, 0.3) is 0 Å². The van der Waals surface area contributed by atoms with E-state index in [4.69, 9.17) is 4.74 Å². The van der Waals surface area contributed by atoms with Gasteiger partial charge >= 0.3 is 6.03 Å². The second-order valence-corrected chi connectivity index (χ2v) is 5.51. The normalized spacial score (nSPS) is 24.7. The number of ether oxygens (including phenoxy) is 1. The van der Waals surface area contributed by atoms with E-state index in [0.29, 0.717) is 6.10 Å². The van der Waals surface area contributed by atoms with Gasteiger partial charge in [-0.3, -0.25) is 4.90 Å². The van der Waals surface area contributed by atoms with Gasteiger partial charge in [-0.1, -0.05) is 13.3 Å². The van der Waals surface area contributed by atoms with Crippen LogP contribution < -0.4 is 5.32 Å². The molecule has 5 heteroatoms. The Morgan fingerprint density at radius 2 is 2.11 bits per heavy atom. The SMILES string of the molecule is CCCCNC(=O)N1CCN(CC2CCCO2)CC1. The standard InChI is InChI=1S/C14H27N3O2/c1-2-3-6-15-14(18)17-9-7-16(8-10-17)12-13-5-4-11-19-13/h13H,2-12H2,1H3,(H,15,18). The lowest BCUT2D eigenvalue weighted by Crippen LogP contribution is -2.53. The molecule has 0 aromatic carbocycles. The van der Waals surface area contributed by atoms with Crippen LogP contribution in [0.3, 0.4) is 0 Å². The molecule has 0 saturated carbocycles. The van der Waals surface area contributed by atoms with E-state index < -0.39 is 0 Å². The molecule has 19 heavy (non-hydrogen) atoms. The third kappa shape index (κ3) is 4.66. The largest absolute Gasteiger partial charge is 0.377 e. The molecule has 0 aromatic rings. The maximum Gasteiger partial charge on any atom is 0.317 e. The molecule has 1 atom stereocenters. The lowest BCUT2D eigenvalue weighted by atomic mass is 10.2. The van der Waals surface area contributed by atoms with E-state index in [2.05, 4.69) is 17.1 Å². The summed E-state index contributed by atoms with van der Waals surface area (Å²) < 4.78 is 5.66. The van der Waals surface area contributed by atoms with Gasteiger partial charge in [-0.25, -0.2) is 4.79 Å². The second kappa shape index (κ2) is 7.70. The zero-order valence-corrected chi connectivity index (χ0v) is 12.1. The quantitative estimate of drug-likeness (QED) is 0.765. The molecule has 2 aliphatic rings. The maximum absolute atomic E-state index is 11.9. The average Bonchev–Trinajstić information content (AvgIpc) is 2.93. The number of unbranched alkanes of at least 4 members (excludes halogenated alkanes) is 1. The number of carbonyl (C=O) groups excluding carboxylic acids is 1. The number of nitrogens with one attached hydrogen (secondary N) is 1. The number of nitrogens with zero attached hydrogens (tertiary/aromatic N) is 2. The van der Waals surface area contributed by atoms with Crippen molar-refractivity contribution >= 4 is 6.03 Å². The van der Waals surface area contributed by atoms with Crippen molar-refractivity contribution in [2.75, 3.05) is 45.9 Å². The summed E-state index contributed by atoms with van der Waals surface area (Å²) in [6.45, 7) is 8.51. The van der Waals surface area contributed by atoms with Crippen molar-refractivity contribution in [2.24, 2.45) is 0 Å². The number of rotatable bonds is 5. The van der Waals surface area contributed by atoms with Crippen LogP contribution in [-0.2, 0) is 4.74 Å². The Morgan fingerprint density at radius 1 is 1.32 bits per heavy atom. The van der Waals surface area contributed by atoms with E-state index >= 15 is 0 Å². The van der Waals surface area contributed by atoms with E-state index in [9.17, 15) is 4.79 Å². The first kappa shape index (κ1) is 14.6. The zero-order chi connectivity index (χ0) is 13.5. The van der Waals surface area contributed by atoms with Crippen molar-refractivity contribution in [3.05, 3.63) is 0 Å². The smallest absolute Gasteiger partial charge is 0.317 e. The van der Waals surface area contributed by atoms with Gasteiger partial charge in [0.1, 0.15) is 0 Å². The van der Waals surface area contributed by atoms with Gasteiger partial charge in [-0.2, -0.15) is 0 Å². The summed E-state index contributed by atoms with van der Waals surface area (Å²) in [5.41, 5.74) is 0. The highest BCUT2D eigenvalue weighted by Gasteiger charge is 2.24. The van der Waals surface area contributed by atoms with Crippen molar-refractivity contribution in [3.8, 4) is 0 Å². The van der Waals surface area contributed by atoms with Gasteiger partial charge in [0.05, 0.1) is 6.10 Å². The van der Waals surface area contributed by atoms with Gasteiger partial charge < -0.3 is 15.0 Å². The molecule has 0 bridgehead atoms. The van der Waals surface area contributed by atoms with Crippen LogP contribution in [0.4, 0.5) is 4.79 Å². The van der Waals surface area contributed by atoms with E-state index in [1.807, 2.05) is 4.90 Å². The van der Waals surface area contributed by atoms with E-state index in [-0.39, 0.29) is 6.03 Å². The highest BCUT2D eigenvalue weighted by Crippen LogP contribution is 2.14. The summed E-state index contributed by atoms with van der Waals surface area (Å²) in [5, 5.41) is 2.99. The summed E-state index contributed by atoms with van der Waals surface area (Å²) in [5.74, 6) is 0. The van der Waals surface area contributed by atoms with Crippen LogP contribution in [0.5, 0.6) is 0 Å². The van der Waals surface area contributed by atoms with Gasteiger partial charge in [0.2, 0.25) is 0 Å². The third-order valence-electron chi connectivity index (χ3n) is 3.95. The fraction of sp³-hybridized carbons (Fsp3) is 0.929. The van der Waals surface area contributed by atoms with Gasteiger partial charge in [0.25, 0.3) is 0 Å². The highest BCUT2D eigenvalue weighted by atomic mass is 16.5. The first-order valence-electron chi connectivity index (χ1n) is 7.66. The number of hydrogen-bond acceptors (Lipinski definition) is 3. The second-order valence-electron chi connectivity index (χ2n) is 5.51. The molecule has 1 unspecified atom stereocenters. The fourth-order valence-electron chi connectivity index (χ4n) is 2.69.